The first-order valence-electron chi connectivity index (χ1n) is 7.14. The quantitative estimate of drug-likeness (QED) is 0.453. The minimum atomic E-state index is -1.03. The highest BCUT2D eigenvalue weighted by Crippen LogP contribution is 2.30. The van der Waals surface area contributed by atoms with Crippen molar-refractivity contribution in [3.8, 4) is 11.5 Å². The van der Waals surface area contributed by atoms with Gasteiger partial charge in [-0.05, 0) is 25.5 Å². The largest absolute Gasteiger partial charge is 0.508 e. The van der Waals surface area contributed by atoms with Gasteiger partial charge in [0.15, 0.2) is 11.7 Å². The van der Waals surface area contributed by atoms with Crippen LogP contribution in [0.5, 0.6) is 11.5 Å². The van der Waals surface area contributed by atoms with E-state index < -0.39 is 11.9 Å². The van der Waals surface area contributed by atoms with E-state index in [1.54, 1.807) is 6.92 Å². The van der Waals surface area contributed by atoms with Crippen molar-refractivity contribution in [2.45, 2.75) is 26.7 Å². The van der Waals surface area contributed by atoms with Crippen LogP contribution in [-0.4, -0.2) is 36.8 Å². The highest BCUT2D eigenvalue weighted by atomic mass is 16.5. The second-order valence-corrected chi connectivity index (χ2v) is 4.58. The van der Waals surface area contributed by atoms with Crippen molar-refractivity contribution in [1.82, 2.24) is 0 Å². The van der Waals surface area contributed by atoms with Crippen LogP contribution >= 0.6 is 0 Å². The molecule has 6 heteroatoms. The maximum atomic E-state index is 12.0. The van der Waals surface area contributed by atoms with Crippen LogP contribution in [-0.2, 0) is 14.3 Å². The van der Waals surface area contributed by atoms with Gasteiger partial charge in [-0.1, -0.05) is 6.92 Å². The molecule has 120 valence electrons. The number of phenols is 1. The Labute approximate surface area is 129 Å². The molecule has 0 fully saturated rings. The van der Waals surface area contributed by atoms with Gasteiger partial charge in [-0.2, -0.15) is 0 Å². The Balaban J connectivity index is 3.02. The van der Waals surface area contributed by atoms with Gasteiger partial charge in [0.25, 0.3) is 0 Å². The summed E-state index contributed by atoms with van der Waals surface area (Å²) in [5, 5.41) is 9.40. The molecule has 0 bridgehead atoms. The number of hydrogen-bond donors (Lipinski definition) is 1. The first-order valence-corrected chi connectivity index (χ1v) is 7.14. The van der Waals surface area contributed by atoms with E-state index in [2.05, 4.69) is 4.99 Å². The lowest BCUT2D eigenvalue weighted by atomic mass is 10.0. The number of Topliss-reactive ketones (excluding diaryl/α,β-unsaturated/α-hetero) is 1. The normalized spacial score (nSPS) is 12.1. The Bertz CT molecular complexity index is 535. The van der Waals surface area contributed by atoms with Crippen molar-refractivity contribution in [2.24, 2.45) is 10.9 Å². The van der Waals surface area contributed by atoms with E-state index in [0.717, 1.165) is 0 Å². The summed E-state index contributed by atoms with van der Waals surface area (Å²) in [6, 6.07) is 4.39. The van der Waals surface area contributed by atoms with E-state index in [0.29, 0.717) is 17.9 Å². The lowest BCUT2D eigenvalue weighted by molar-refractivity contribution is -0.148. The van der Waals surface area contributed by atoms with Crippen LogP contribution in [0.4, 0.5) is 5.69 Å². The van der Waals surface area contributed by atoms with Crippen molar-refractivity contribution in [3.05, 3.63) is 18.2 Å². The fourth-order valence-electron chi connectivity index (χ4n) is 1.84. The van der Waals surface area contributed by atoms with E-state index in [9.17, 15) is 14.7 Å². The lowest BCUT2D eigenvalue weighted by Gasteiger charge is -2.10. The van der Waals surface area contributed by atoms with E-state index >= 15 is 0 Å². The van der Waals surface area contributed by atoms with Crippen molar-refractivity contribution in [2.75, 3.05) is 13.7 Å². The van der Waals surface area contributed by atoms with E-state index in [-0.39, 0.29) is 24.6 Å². The molecule has 0 saturated heterocycles. The molecule has 0 aliphatic rings. The molecule has 1 rings (SSSR count). The second kappa shape index (κ2) is 8.81. The highest BCUT2D eigenvalue weighted by molar-refractivity contribution is 6.12. The van der Waals surface area contributed by atoms with Gasteiger partial charge in [0, 0.05) is 18.7 Å². The van der Waals surface area contributed by atoms with Crippen molar-refractivity contribution in [3.63, 3.8) is 0 Å². The van der Waals surface area contributed by atoms with Gasteiger partial charge in [-0.25, -0.2) is 0 Å². The summed E-state index contributed by atoms with van der Waals surface area (Å²) in [4.78, 5) is 28.1. The summed E-state index contributed by atoms with van der Waals surface area (Å²) in [6.45, 7) is 3.74. The third-order valence-corrected chi connectivity index (χ3v) is 2.91. The minimum absolute atomic E-state index is 0.0415. The van der Waals surface area contributed by atoms with Gasteiger partial charge in [0.1, 0.15) is 17.2 Å². The summed E-state index contributed by atoms with van der Waals surface area (Å²) >= 11 is 0. The molecule has 0 radical (unpaired) electrons. The number of esters is 1. The number of benzene rings is 1. The third-order valence-electron chi connectivity index (χ3n) is 2.91. The number of phenolic OH excluding ortho intramolecular Hbond substituents is 1. The predicted octanol–water partition coefficient (Wildman–Crippen LogP) is 2.65. The summed E-state index contributed by atoms with van der Waals surface area (Å²) in [5.41, 5.74) is 0.416. The molecular weight excluding hydrogens is 286 g/mol. The smallest absolute Gasteiger partial charge is 0.321 e. The number of carbonyl (C=O) groups excluding carboxylic acids is 2. The Hall–Kier alpha value is -2.37. The van der Waals surface area contributed by atoms with Gasteiger partial charge >= 0.3 is 5.97 Å². The highest BCUT2D eigenvalue weighted by Gasteiger charge is 2.25. The summed E-state index contributed by atoms with van der Waals surface area (Å²) in [6.07, 6.45) is 2.19. The van der Waals surface area contributed by atoms with Gasteiger partial charge in [0.05, 0.1) is 13.7 Å². The molecule has 0 spiro atoms. The monoisotopic (exact) mass is 307 g/mol. The number of nitrogens with zero attached hydrogens (tertiary/aromatic N) is 1. The number of methoxy groups -OCH3 is 1. The fraction of sp³-hybridized carbons (Fsp3) is 0.438. The zero-order valence-electron chi connectivity index (χ0n) is 13.0. The molecule has 0 heterocycles. The Morgan fingerprint density at radius 3 is 2.68 bits per heavy atom. The molecule has 1 unspecified atom stereocenters. The van der Waals surface area contributed by atoms with E-state index in [4.69, 9.17) is 9.47 Å². The average molecular weight is 307 g/mol. The zero-order valence-corrected chi connectivity index (χ0v) is 13.0. The lowest BCUT2D eigenvalue weighted by Crippen LogP contribution is -2.27. The Morgan fingerprint density at radius 2 is 2.09 bits per heavy atom. The van der Waals surface area contributed by atoms with Gasteiger partial charge < -0.3 is 14.6 Å². The number of aromatic hydroxyl groups is 1. The van der Waals surface area contributed by atoms with Crippen LogP contribution < -0.4 is 4.74 Å². The molecule has 1 aromatic carbocycles. The summed E-state index contributed by atoms with van der Waals surface area (Å²) < 4.78 is 10.0. The molecule has 0 aliphatic heterocycles. The molecule has 0 aliphatic carbocycles. The maximum Gasteiger partial charge on any atom is 0.321 e. The standard InChI is InChI=1S/C16H21NO5/c1-4-6-14(19)12(16(20)22-5-2)10-17-13-8-7-11(18)9-15(13)21-3/h7-10,12,18H,4-6H2,1-3H3. The molecule has 0 saturated carbocycles. The van der Waals surface area contributed by atoms with Gasteiger partial charge in [-0.3, -0.25) is 14.6 Å². The molecule has 1 N–H and O–H groups in total. The molecule has 1 atom stereocenters. The molecule has 1 aromatic rings. The number of aliphatic imine (C=N–C) groups is 1. The average Bonchev–Trinajstić information content (AvgIpc) is 2.49. The maximum absolute atomic E-state index is 12.0. The van der Waals surface area contributed by atoms with Crippen LogP contribution in [0.2, 0.25) is 0 Å². The van der Waals surface area contributed by atoms with Crippen LogP contribution in [0.15, 0.2) is 23.2 Å². The fourth-order valence-corrected chi connectivity index (χ4v) is 1.84. The molecule has 0 aromatic heterocycles. The number of hydrogen-bond acceptors (Lipinski definition) is 6. The number of ketones is 1. The Morgan fingerprint density at radius 1 is 1.36 bits per heavy atom. The molecule has 0 amide bonds. The number of carbonyl (C=O) groups is 2. The Kier molecular flexibility index (Phi) is 7.08. The number of rotatable bonds is 8. The zero-order chi connectivity index (χ0) is 16.5. The van der Waals surface area contributed by atoms with Gasteiger partial charge in [-0.15, -0.1) is 0 Å². The second-order valence-electron chi connectivity index (χ2n) is 4.58. The summed E-state index contributed by atoms with van der Waals surface area (Å²) in [7, 11) is 1.44. The van der Waals surface area contributed by atoms with Crippen molar-refractivity contribution in [1.29, 1.82) is 0 Å². The van der Waals surface area contributed by atoms with Crippen LogP contribution in [0, 0.1) is 5.92 Å². The van der Waals surface area contributed by atoms with E-state index in [1.165, 1.54) is 31.5 Å². The third kappa shape index (κ3) is 4.87. The molecule has 22 heavy (non-hydrogen) atoms. The van der Waals surface area contributed by atoms with Crippen molar-refractivity contribution < 1.29 is 24.2 Å². The van der Waals surface area contributed by atoms with Crippen LogP contribution in [0.1, 0.15) is 26.7 Å². The van der Waals surface area contributed by atoms with Crippen LogP contribution in [0.25, 0.3) is 0 Å². The predicted molar refractivity (Wildman–Crippen MR) is 82.8 cm³/mol. The van der Waals surface area contributed by atoms with E-state index in [1.807, 2.05) is 6.92 Å². The first-order chi connectivity index (χ1) is 10.5. The topological polar surface area (TPSA) is 85.2 Å². The first kappa shape index (κ1) is 17.7. The molecular formula is C16H21NO5. The SMILES string of the molecule is CCCC(=O)C(C=Nc1ccc(O)cc1OC)C(=O)OCC. The summed E-state index contributed by atoms with van der Waals surface area (Å²) in [5.74, 6) is -1.48. The van der Waals surface area contributed by atoms with Gasteiger partial charge in [0.2, 0.25) is 0 Å². The minimum Gasteiger partial charge on any atom is -0.508 e. The number of ether oxygens (including phenoxy) is 2. The van der Waals surface area contributed by atoms with Crippen molar-refractivity contribution >= 4 is 23.7 Å². The van der Waals surface area contributed by atoms with Crippen LogP contribution in [0.3, 0.4) is 0 Å². The molecule has 6 nitrogen and oxygen atoms in total.